The predicted octanol–water partition coefficient (Wildman–Crippen LogP) is 1.72. The first-order valence-corrected chi connectivity index (χ1v) is 9.80. The van der Waals surface area contributed by atoms with Gasteiger partial charge in [-0.15, -0.1) is 0 Å². The van der Waals surface area contributed by atoms with Crippen molar-refractivity contribution in [2.75, 3.05) is 19.6 Å². The van der Waals surface area contributed by atoms with E-state index < -0.39 is 10.2 Å². The molecular weight excluding hydrogens is 300 g/mol. The Bertz CT molecular complexity index is 586. The lowest BCUT2D eigenvalue weighted by atomic mass is 9.96. The van der Waals surface area contributed by atoms with E-state index in [1.807, 2.05) is 16.9 Å². The van der Waals surface area contributed by atoms with Crippen molar-refractivity contribution in [3.8, 4) is 0 Å². The Hall–Kier alpha value is -0.920. The molecule has 22 heavy (non-hydrogen) atoms. The van der Waals surface area contributed by atoms with Gasteiger partial charge in [0.2, 0.25) is 0 Å². The molecule has 1 aromatic heterocycles. The van der Waals surface area contributed by atoms with Gasteiger partial charge in [-0.05, 0) is 37.7 Å². The maximum Gasteiger partial charge on any atom is 0.279 e. The van der Waals surface area contributed by atoms with Gasteiger partial charge in [0.05, 0.1) is 12.2 Å². The summed E-state index contributed by atoms with van der Waals surface area (Å²) in [7, 11) is -3.34. The number of piperidine rings is 1. The van der Waals surface area contributed by atoms with Gasteiger partial charge in [-0.2, -0.15) is 17.8 Å². The number of nitrogens with zero attached hydrogens (tertiary/aromatic N) is 3. The SMILES string of the molecule is CCC1CCN(S(=O)(=O)NCCn2ccc(C3CC3)n2)CC1. The quantitative estimate of drug-likeness (QED) is 0.829. The molecule has 6 nitrogen and oxygen atoms in total. The Labute approximate surface area is 133 Å². The standard InChI is InChI=1S/C15H26N4O2S/c1-2-13-5-10-19(11-6-13)22(20,21)16-8-12-18-9-7-15(17-18)14-3-4-14/h7,9,13-14,16H,2-6,8,10-12H2,1H3. The van der Waals surface area contributed by atoms with E-state index in [4.69, 9.17) is 0 Å². The first-order chi connectivity index (χ1) is 10.6. The van der Waals surface area contributed by atoms with Gasteiger partial charge in [-0.3, -0.25) is 4.68 Å². The van der Waals surface area contributed by atoms with Crippen LogP contribution in [0.5, 0.6) is 0 Å². The smallest absolute Gasteiger partial charge is 0.271 e. The largest absolute Gasteiger partial charge is 0.279 e. The lowest BCUT2D eigenvalue weighted by molar-refractivity contribution is 0.266. The highest BCUT2D eigenvalue weighted by Crippen LogP contribution is 2.38. The zero-order chi connectivity index (χ0) is 15.6. The zero-order valence-corrected chi connectivity index (χ0v) is 14.1. The average Bonchev–Trinajstić information content (AvgIpc) is 3.27. The van der Waals surface area contributed by atoms with Gasteiger partial charge in [0, 0.05) is 31.7 Å². The van der Waals surface area contributed by atoms with Crippen LogP contribution in [-0.2, 0) is 16.8 Å². The Kier molecular flexibility index (Phi) is 4.84. The van der Waals surface area contributed by atoms with Crippen molar-refractivity contribution in [2.24, 2.45) is 5.92 Å². The first-order valence-electron chi connectivity index (χ1n) is 8.36. The molecule has 0 bridgehead atoms. The van der Waals surface area contributed by atoms with Crippen LogP contribution in [0.1, 0.15) is 50.6 Å². The fourth-order valence-corrected chi connectivity index (χ4v) is 4.26. The zero-order valence-electron chi connectivity index (χ0n) is 13.2. The van der Waals surface area contributed by atoms with Crippen molar-refractivity contribution in [1.82, 2.24) is 18.8 Å². The molecule has 1 aliphatic heterocycles. The van der Waals surface area contributed by atoms with Crippen LogP contribution in [0.4, 0.5) is 0 Å². The third-order valence-corrected chi connectivity index (χ3v) is 6.39. The molecule has 0 aromatic carbocycles. The van der Waals surface area contributed by atoms with Crippen LogP contribution in [0.2, 0.25) is 0 Å². The summed E-state index contributed by atoms with van der Waals surface area (Å²) >= 11 is 0. The summed E-state index contributed by atoms with van der Waals surface area (Å²) in [6.45, 7) is 4.43. The van der Waals surface area contributed by atoms with Gasteiger partial charge >= 0.3 is 0 Å². The van der Waals surface area contributed by atoms with Crippen molar-refractivity contribution >= 4 is 10.2 Å². The molecule has 2 aliphatic rings. The second-order valence-corrected chi connectivity index (χ2v) is 8.18. The van der Waals surface area contributed by atoms with Crippen LogP contribution >= 0.6 is 0 Å². The average molecular weight is 326 g/mol. The summed E-state index contributed by atoms with van der Waals surface area (Å²) in [6, 6.07) is 2.04. The summed E-state index contributed by atoms with van der Waals surface area (Å²) in [6.07, 6.45) is 7.50. The summed E-state index contributed by atoms with van der Waals surface area (Å²) in [5.41, 5.74) is 1.14. The van der Waals surface area contributed by atoms with Gasteiger partial charge in [-0.25, -0.2) is 4.72 Å². The molecule has 0 radical (unpaired) electrons. The summed E-state index contributed by atoms with van der Waals surface area (Å²) in [5, 5.41) is 4.49. The number of rotatable bonds is 7. The van der Waals surface area contributed by atoms with Crippen LogP contribution in [0.3, 0.4) is 0 Å². The van der Waals surface area contributed by atoms with E-state index in [-0.39, 0.29) is 0 Å². The summed E-state index contributed by atoms with van der Waals surface area (Å²) in [4.78, 5) is 0. The van der Waals surface area contributed by atoms with E-state index in [0.717, 1.165) is 25.0 Å². The van der Waals surface area contributed by atoms with Crippen molar-refractivity contribution in [2.45, 2.75) is 51.5 Å². The fraction of sp³-hybridized carbons (Fsp3) is 0.800. The third kappa shape index (κ3) is 3.88. The molecule has 2 heterocycles. The lowest BCUT2D eigenvalue weighted by Crippen LogP contribution is -2.45. The van der Waals surface area contributed by atoms with E-state index in [0.29, 0.717) is 38.0 Å². The molecule has 2 fully saturated rings. The second kappa shape index (κ2) is 6.68. The normalized spacial score (nSPS) is 21.3. The van der Waals surface area contributed by atoms with E-state index in [2.05, 4.69) is 16.7 Å². The lowest BCUT2D eigenvalue weighted by Gasteiger charge is -2.30. The van der Waals surface area contributed by atoms with Gasteiger partial charge in [-0.1, -0.05) is 13.3 Å². The minimum Gasteiger partial charge on any atom is -0.271 e. The van der Waals surface area contributed by atoms with Crippen LogP contribution in [-0.4, -0.2) is 42.1 Å². The maximum atomic E-state index is 12.3. The molecule has 3 rings (SSSR count). The van der Waals surface area contributed by atoms with Crippen LogP contribution < -0.4 is 4.72 Å². The summed E-state index contributed by atoms with van der Waals surface area (Å²) in [5.74, 6) is 1.31. The molecule has 1 N–H and O–H groups in total. The van der Waals surface area contributed by atoms with Gasteiger partial charge in [0.1, 0.15) is 0 Å². The molecule has 0 unspecified atom stereocenters. The van der Waals surface area contributed by atoms with Gasteiger partial charge < -0.3 is 0 Å². The highest BCUT2D eigenvalue weighted by Gasteiger charge is 2.27. The van der Waals surface area contributed by atoms with Crippen LogP contribution in [0.15, 0.2) is 12.3 Å². The van der Waals surface area contributed by atoms with Crippen LogP contribution in [0, 0.1) is 5.92 Å². The monoisotopic (exact) mass is 326 g/mol. The molecule has 0 amide bonds. The Morgan fingerprint density at radius 1 is 1.27 bits per heavy atom. The summed E-state index contributed by atoms with van der Waals surface area (Å²) < 4.78 is 30.7. The molecule has 0 atom stereocenters. The predicted molar refractivity (Wildman–Crippen MR) is 85.7 cm³/mol. The molecule has 1 saturated heterocycles. The molecule has 124 valence electrons. The molecule has 1 aliphatic carbocycles. The highest BCUT2D eigenvalue weighted by molar-refractivity contribution is 7.87. The molecule has 1 aromatic rings. The van der Waals surface area contributed by atoms with Crippen molar-refractivity contribution in [1.29, 1.82) is 0 Å². The number of hydrogen-bond acceptors (Lipinski definition) is 3. The van der Waals surface area contributed by atoms with Crippen molar-refractivity contribution in [3.05, 3.63) is 18.0 Å². The Morgan fingerprint density at radius 2 is 2.00 bits per heavy atom. The second-order valence-electron chi connectivity index (χ2n) is 6.43. The van der Waals surface area contributed by atoms with Crippen LogP contribution in [0.25, 0.3) is 0 Å². The minimum atomic E-state index is -3.34. The molecule has 1 saturated carbocycles. The Morgan fingerprint density at radius 3 is 2.64 bits per heavy atom. The third-order valence-electron chi connectivity index (χ3n) is 4.77. The van der Waals surface area contributed by atoms with Gasteiger partial charge in [0.15, 0.2) is 0 Å². The number of aromatic nitrogens is 2. The van der Waals surface area contributed by atoms with E-state index in [1.165, 1.54) is 12.8 Å². The maximum absolute atomic E-state index is 12.3. The van der Waals surface area contributed by atoms with Gasteiger partial charge in [0.25, 0.3) is 10.2 Å². The van der Waals surface area contributed by atoms with Crippen molar-refractivity contribution in [3.63, 3.8) is 0 Å². The van der Waals surface area contributed by atoms with E-state index >= 15 is 0 Å². The minimum absolute atomic E-state index is 0.391. The molecule has 0 spiro atoms. The van der Waals surface area contributed by atoms with E-state index in [9.17, 15) is 8.42 Å². The van der Waals surface area contributed by atoms with E-state index in [1.54, 1.807) is 4.31 Å². The Balaban J connectivity index is 1.45. The molecule has 7 heteroatoms. The highest BCUT2D eigenvalue weighted by atomic mass is 32.2. The fourth-order valence-electron chi connectivity index (χ4n) is 3.04. The topological polar surface area (TPSA) is 67.2 Å². The van der Waals surface area contributed by atoms with Crippen molar-refractivity contribution < 1.29 is 8.42 Å². The number of hydrogen-bond donors (Lipinski definition) is 1. The first kappa shape index (κ1) is 16.0. The molecular formula is C15H26N4O2S. The number of nitrogens with one attached hydrogen (secondary N) is 1.